The Hall–Kier alpha value is -1.86. The predicted octanol–water partition coefficient (Wildman–Crippen LogP) is 2.99. The van der Waals surface area contributed by atoms with Crippen molar-refractivity contribution in [3.05, 3.63) is 47.0 Å². The smallest absolute Gasteiger partial charge is 0.262 e. The van der Waals surface area contributed by atoms with Crippen LogP contribution in [-0.2, 0) is 10.0 Å². The molecule has 5 nitrogen and oxygen atoms in total. The van der Waals surface area contributed by atoms with E-state index in [2.05, 4.69) is 9.71 Å². The number of nitrogens with one attached hydrogen (secondary N) is 1. The van der Waals surface area contributed by atoms with E-state index in [0.717, 1.165) is 11.6 Å². The Balaban J connectivity index is 2.38. The number of hydrogen-bond donors (Lipinski definition) is 1. The first-order valence-electron chi connectivity index (χ1n) is 5.82. The number of halogens is 2. The number of nitrogens with zero attached hydrogens (tertiary/aromatic N) is 1. The molecule has 0 unspecified atom stereocenters. The van der Waals surface area contributed by atoms with Gasteiger partial charge in [0.25, 0.3) is 10.0 Å². The molecule has 0 aliphatic rings. The van der Waals surface area contributed by atoms with Crippen molar-refractivity contribution in [2.75, 3.05) is 11.8 Å². The number of pyridine rings is 1. The standard InChI is InChI=1S/C13H12ClFN2O3S/c1-8-5-11(13(14)16-7-8)17-21(18,19)9-3-4-12(20-2)10(15)6-9/h3-7,17H,1-2H3. The number of ether oxygens (including phenoxy) is 1. The minimum absolute atomic E-state index is 0.0122. The molecule has 0 radical (unpaired) electrons. The Kier molecular flexibility index (Phi) is 4.34. The van der Waals surface area contributed by atoms with Crippen LogP contribution in [0.2, 0.25) is 5.15 Å². The van der Waals surface area contributed by atoms with Crippen LogP contribution in [-0.4, -0.2) is 20.5 Å². The molecule has 1 heterocycles. The average molecular weight is 331 g/mol. The number of methoxy groups -OCH3 is 1. The summed E-state index contributed by atoms with van der Waals surface area (Å²) >= 11 is 5.84. The van der Waals surface area contributed by atoms with Crippen molar-refractivity contribution in [2.24, 2.45) is 0 Å². The minimum Gasteiger partial charge on any atom is -0.494 e. The summed E-state index contributed by atoms with van der Waals surface area (Å²) in [5.74, 6) is -0.807. The number of benzene rings is 1. The van der Waals surface area contributed by atoms with Crippen LogP contribution in [0.25, 0.3) is 0 Å². The van der Waals surface area contributed by atoms with E-state index in [0.29, 0.717) is 0 Å². The molecule has 0 saturated heterocycles. The zero-order valence-electron chi connectivity index (χ0n) is 11.2. The van der Waals surface area contributed by atoms with E-state index in [-0.39, 0.29) is 21.5 Å². The minimum atomic E-state index is -3.97. The Morgan fingerprint density at radius 1 is 1.33 bits per heavy atom. The fraction of sp³-hybridized carbons (Fsp3) is 0.154. The molecule has 2 aromatic rings. The van der Waals surface area contributed by atoms with Crippen LogP contribution in [0.15, 0.2) is 35.4 Å². The van der Waals surface area contributed by atoms with Gasteiger partial charge in [0.1, 0.15) is 0 Å². The van der Waals surface area contributed by atoms with Crippen molar-refractivity contribution < 1.29 is 17.5 Å². The summed E-state index contributed by atoms with van der Waals surface area (Å²) in [6.07, 6.45) is 1.51. The lowest BCUT2D eigenvalue weighted by Gasteiger charge is -2.10. The molecule has 0 bridgehead atoms. The molecule has 0 amide bonds. The Bertz CT molecular complexity index is 781. The van der Waals surface area contributed by atoms with Crippen molar-refractivity contribution in [2.45, 2.75) is 11.8 Å². The van der Waals surface area contributed by atoms with Gasteiger partial charge in [-0.2, -0.15) is 0 Å². The molecule has 2 rings (SSSR count). The number of rotatable bonds is 4. The summed E-state index contributed by atoms with van der Waals surface area (Å²) < 4.78 is 45.1. The van der Waals surface area contributed by atoms with Crippen LogP contribution in [0.3, 0.4) is 0 Å². The van der Waals surface area contributed by atoms with Gasteiger partial charge in [-0.25, -0.2) is 17.8 Å². The fourth-order valence-electron chi connectivity index (χ4n) is 1.64. The second-order valence-corrected chi connectivity index (χ2v) is 6.29. The normalized spacial score (nSPS) is 11.2. The predicted molar refractivity (Wildman–Crippen MR) is 77.7 cm³/mol. The quantitative estimate of drug-likeness (QED) is 0.875. The largest absolute Gasteiger partial charge is 0.494 e. The van der Waals surface area contributed by atoms with E-state index in [1.165, 1.54) is 31.5 Å². The second kappa shape index (κ2) is 5.87. The Morgan fingerprint density at radius 3 is 2.67 bits per heavy atom. The van der Waals surface area contributed by atoms with Gasteiger partial charge >= 0.3 is 0 Å². The molecule has 8 heteroatoms. The van der Waals surface area contributed by atoms with Crippen molar-refractivity contribution >= 4 is 27.3 Å². The first-order valence-corrected chi connectivity index (χ1v) is 7.68. The third-order valence-corrected chi connectivity index (χ3v) is 4.32. The molecule has 0 aliphatic carbocycles. The van der Waals surface area contributed by atoms with Gasteiger partial charge in [-0.15, -0.1) is 0 Å². The second-order valence-electron chi connectivity index (χ2n) is 4.25. The molecule has 1 N–H and O–H groups in total. The Labute approximate surface area is 126 Å². The van der Waals surface area contributed by atoms with Gasteiger partial charge in [0.2, 0.25) is 0 Å². The van der Waals surface area contributed by atoms with Gasteiger partial charge in [-0.1, -0.05) is 11.6 Å². The van der Waals surface area contributed by atoms with Crippen LogP contribution in [0.1, 0.15) is 5.56 Å². The first kappa shape index (κ1) is 15.5. The zero-order chi connectivity index (χ0) is 15.6. The summed E-state index contributed by atoms with van der Waals surface area (Å²) in [5, 5.41) is 0.0122. The van der Waals surface area contributed by atoms with Gasteiger partial charge in [-0.05, 0) is 36.8 Å². The molecule has 112 valence electrons. The molecular weight excluding hydrogens is 319 g/mol. The van der Waals surface area contributed by atoms with E-state index in [4.69, 9.17) is 16.3 Å². The molecule has 21 heavy (non-hydrogen) atoms. The number of anilines is 1. The molecular formula is C13H12ClFN2O3S. The van der Waals surface area contributed by atoms with Gasteiger partial charge in [-0.3, -0.25) is 4.72 Å². The first-order chi connectivity index (χ1) is 9.83. The van der Waals surface area contributed by atoms with Crippen molar-refractivity contribution in [1.29, 1.82) is 0 Å². The molecule has 1 aromatic heterocycles. The maximum atomic E-state index is 13.6. The summed E-state index contributed by atoms with van der Waals surface area (Å²) in [6, 6.07) is 4.88. The average Bonchev–Trinajstić information content (AvgIpc) is 2.42. The summed E-state index contributed by atoms with van der Waals surface area (Å²) in [5.41, 5.74) is 0.867. The highest BCUT2D eigenvalue weighted by Crippen LogP contribution is 2.25. The highest BCUT2D eigenvalue weighted by atomic mass is 35.5. The maximum absolute atomic E-state index is 13.6. The summed E-state index contributed by atoms with van der Waals surface area (Å²) in [6.45, 7) is 1.74. The zero-order valence-corrected chi connectivity index (χ0v) is 12.8. The van der Waals surface area contributed by atoms with Crippen molar-refractivity contribution in [3.8, 4) is 5.75 Å². The van der Waals surface area contributed by atoms with Crippen LogP contribution in [0.4, 0.5) is 10.1 Å². The maximum Gasteiger partial charge on any atom is 0.262 e. The van der Waals surface area contributed by atoms with Crippen molar-refractivity contribution in [1.82, 2.24) is 4.98 Å². The van der Waals surface area contributed by atoms with E-state index >= 15 is 0 Å². The summed E-state index contributed by atoms with van der Waals surface area (Å²) in [4.78, 5) is 3.61. The number of sulfonamides is 1. The lowest BCUT2D eigenvalue weighted by molar-refractivity contribution is 0.385. The van der Waals surface area contributed by atoms with Gasteiger partial charge in [0.05, 0.1) is 17.7 Å². The molecule has 0 aliphatic heterocycles. The lowest BCUT2D eigenvalue weighted by atomic mass is 10.3. The molecule has 0 fully saturated rings. The monoisotopic (exact) mass is 330 g/mol. The summed E-state index contributed by atoms with van der Waals surface area (Å²) in [7, 11) is -2.68. The van der Waals surface area contributed by atoms with E-state index in [9.17, 15) is 12.8 Å². The highest BCUT2D eigenvalue weighted by Gasteiger charge is 2.18. The number of aryl methyl sites for hydroxylation is 1. The van der Waals surface area contributed by atoms with E-state index in [1.807, 2.05) is 0 Å². The third kappa shape index (κ3) is 3.43. The highest BCUT2D eigenvalue weighted by molar-refractivity contribution is 7.92. The van der Waals surface area contributed by atoms with E-state index in [1.54, 1.807) is 6.92 Å². The lowest BCUT2D eigenvalue weighted by Crippen LogP contribution is -2.14. The van der Waals surface area contributed by atoms with Crippen molar-refractivity contribution in [3.63, 3.8) is 0 Å². The van der Waals surface area contributed by atoms with Crippen LogP contribution >= 0.6 is 11.6 Å². The molecule has 1 aromatic carbocycles. The molecule has 0 atom stereocenters. The van der Waals surface area contributed by atoms with Crippen LogP contribution in [0, 0.1) is 12.7 Å². The number of hydrogen-bond acceptors (Lipinski definition) is 4. The number of aromatic nitrogens is 1. The van der Waals surface area contributed by atoms with Gasteiger partial charge < -0.3 is 4.74 Å². The Morgan fingerprint density at radius 2 is 2.05 bits per heavy atom. The topological polar surface area (TPSA) is 68.3 Å². The van der Waals surface area contributed by atoms with E-state index < -0.39 is 15.8 Å². The third-order valence-electron chi connectivity index (χ3n) is 2.65. The van der Waals surface area contributed by atoms with Crippen LogP contribution in [0.5, 0.6) is 5.75 Å². The van der Waals surface area contributed by atoms with Crippen LogP contribution < -0.4 is 9.46 Å². The van der Waals surface area contributed by atoms with Gasteiger partial charge in [0.15, 0.2) is 16.7 Å². The SMILES string of the molecule is COc1ccc(S(=O)(=O)Nc2cc(C)cnc2Cl)cc1F. The molecule has 0 saturated carbocycles. The fourth-order valence-corrected chi connectivity index (χ4v) is 2.92. The van der Waals surface area contributed by atoms with Gasteiger partial charge in [0, 0.05) is 6.20 Å². The molecule has 0 spiro atoms.